The predicted molar refractivity (Wildman–Crippen MR) is 84.6 cm³/mol. The molecule has 0 spiro atoms. The van der Waals surface area contributed by atoms with Crippen molar-refractivity contribution in [2.75, 3.05) is 5.43 Å². The number of rotatable bonds is 2. The Balaban J connectivity index is 2.11. The lowest BCUT2D eigenvalue weighted by Crippen LogP contribution is -2.08. The predicted octanol–water partition coefficient (Wildman–Crippen LogP) is 2.62. The largest absolute Gasteiger partial charge is 0.307 e. The number of thiophene rings is 1. The van der Waals surface area contributed by atoms with Gasteiger partial charge < -0.3 is 5.43 Å². The number of benzene rings is 1. The summed E-state index contributed by atoms with van der Waals surface area (Å²) in [7, 11) is 0. The van der Waals surface area contributed by atoms with Gasteiger partial charge in [0.25, 0.3) is 0 Å². The average Bonchev–Trinajstić information content (AvgIpc) is 3.06. The highest BCUT2D eigenvalue weighted by atomic mass is 32.1. The quantitative estimate of drug-likeness (QED) is 0.439. The van der Waals surface area contributed by atoms with Crippen molar-refractivity contribution in [1.82, 2.24) is 19.7 Å². The van der Waals surface area contributed by atoms with E-state index in [4.69, 9.17) is 5.84 Å². The molecule has 0 aliphatic heterocycles. The third kappa shape index (κ3) is 1.71. The Kier molecular flexibility index (Phi) is 2.63. The SMILES string of the molecule is Cc1nn(-c2ccccc2)c2sc3c(NN)ncnc3c12. The molecule has 7 heteroatoms. The first-order chi connectivity index (χ1) is 10.3. The van der Waals surface area contributed by atoms with E-state index in [1.54, 1.807) is 11.3 Å². The number of hydrogen-bond acceptors (Lipinski definition) is 6. The molecule has 6 nitrogen and oxygen atoms in total. The summed E-state index contributed by atoms with van der Waals surface area (Å²) in [6.45, 7) is 1.99. The molecule has 0 saturated heterocycles. The third-order valence-corrected chi connectivity index (χ3v) is 4.56. The number of para-hydroxylation sites is 1. The number of aromatic nitrogens is 4. The Morgan fingerprint density at radius 1 is 1.19 bits per heavy atom. The molecule has 0 aliphatic rings. The Bertz CT molecular complexity index is 940. The second-order valence-electron chi connectivity index (χ2n) is 4.66. The van der Waals surface area contributed by atoms with Crippen molar-refractivity contribution < 1.29 is 0 Å². The molecule has 3 aromatic heterocycles. The summed E-state index contributed by atoms with van der Waals surface area (Å²) in [4.78, 5) is 9.61. The number of hydrogen-bond donors (Lipinski definition) is 2. The number of aryl methyl sites for hydroxylation is 1. The Labute approximate surface area is 124 Å². The van der Waals surface area contributed by atoms with Crippen molar-refractivity contribution in [3.8, 4) is 5.69 Å². The van der Waals surface area contributed by atoms with Gasteiger partial charge in [0, 0.05) is 0 Å². The van der Waals surface area contributed by atoms with Crippen LogP contribution in [0, 0.1) is 6.92 Å². The molecule has 0 aliphatic carbocycles. The van der Waals surface area contributed by atoms with Crippen molar-refractivity contribution in [3.05, 3.63) is 42.4 Å². The highest BCUT2D eigenvalue weighted by Crippen LogP contribution is 2.38. The number of hydrazine groups is 1. The summed E-state index contributed by atoms with van der Waals surface area (Å²) in [5.41, 5.74) is 5.49. The van der Waals surface area contributed by atoms with Crippen LogP contribution in [0.25, 0.3) is 26.1 Å². The number of nitrogen functional groups attached to an aromatic ring is 1. The van der Waals surface area contributed by atoms with Crippen LogP contribution >= 0.6 is 11.3 Å². The molecule has 21 heavy (non-hydrogen) atoms. The van der Waals surface area contributed by atoms with E-state index in [1.807, 2.05) is 41.9 Å². The van der Waals surface area contributed by atoms with Gasteiger partial charge in [-0.05, 0) is 19.1 Å². The van der Waals surface area contributed by atoms with E-state index in [0.717, 1.165) is 31.8 Å². The molecule has 0 fully saturated rings. The average molecular weight is 296 g/mol. The second kappa shape index (κ2) is 4.51. The van der Waals surface area contributed by atoms with Gasteiger partial charge in [-0.1, -0.05) is 18.2 Å². The molecule has 0 atom stereocenters. The maximum Gasteiger partial charge on any atom is 0.161 e. The Hall–Kier alpha value is -2.51. The van der Waals surface area contributed by atoms with Gasteiger partial charge >= 0.3 is 0 Å². The smallest absolute Gasteiger partial charge is 0.161 e. The summed E-state index contributed by atoms with van der Waals surface area (Å²) in [6.07, 6.45) is 1.52. The number of fused-ring (bicyclic) bond motifs is 3. The molecule has 4 rings (SSSR count). The van der Waals surface area contributed by atoms with Crippen LogP contribution in [-0.2, 0) is 0 Å². The van der Waals surface area contributed by atoms with Crippen LogP contribution in [0.1, 0.15) is 5.69 Å². The fourth-order valence-corrected chi connectivity index (χ4v) is 3.70. The van der Waals surface area contributed by atoms with Crippen LogP contribution in [0.4, 0.5) is 5.82 Å². The summed E-state index contributed by atoms with van der Waals surface area (Å²) < 4.78 is 2.89. The van der Waals surface area contributed by atoms with Crippen molar-refractivity contribution >= 4 is 37.6 Å². The van der Waals surface area contributed by atoms with Crippen LogP contribution in [0.5, 0.6) is 0 Å². The van der Waals surface area contributed by atoms with E-state index in [1.165, 1.54) is 6.33 Å². The van der Waals surface area contributed by atoms with Gasteiger partial charge in [0.05, 0.1) is 27.0 Å². The van der Waals surface area contributed by atoms with E-state index in [2.05, 4.69) is 20.5 Å². The first-order valence-electron chi connectivity index (χ1n) is 6.44. The fraction of sp³-hybridized carbons (Fsp3) is 0.0714. The first kappa shape index (κ1) is 12.2. The van der Waals surface area contributed by atoms with Crippen LogP contribution in [0.2, 0.25) is 0 Å². The fourth-order valence-electron chi connectivity index (χ4n) is 2.47. The molecule has 0 saturated carbocycles. The van der Waals surface area contributed by atoms with Crippen molar-refractivity contribution in [3.63, 3.8) is 0 Å². The molecular weight excluding hydrogens is 284 g/mol. The standard InChI is InChI=1S/C14H12N6S/c1-8-10-11-12(13(18-15)17-7-16-11)21-14(10)20(19-8)9-5-3-2-4-6-9/h2-7H,15H2,1H3,(H,16,17,18). The molecular formula is C14H12N6S. The van der Waals surface area contributed by atoms with Crippen LogP contribution in [0.15, 0.2) is 36.7 Å². The van der Waals surface area contributed by atoms with Gasteiger partial charge in [-0.25, -0.2) is 20.5 Å². The molecule has 3 N–H and O–H groups in total. The normalized spacial score (nSPS) is 11.3. The minimum Gasteiger partial charge on any atom is -0.307 e. The van der Waals surface area contributed by atoms with Gasteiger partial charge in [-0.15, -0.1) is 11.3 Å². The topological polar surface area (TPSA) is 81.7 Å². The molecule has 4 aromatic rings. The maximum atomic E-state index is 5.54. The minimum atomic E-state index is 0.639. The Morgan fingerprint density at radius 2 is 2.00 bits per heavy atom. The maximum absolute atomic E-state index is 5.54. The highest BCUT2D eigenvalue weighted by Gasteiger charge is 2.18. The molecule has 0 bridgehead atoms. The van der Waals surface area contributed by atoms with E-state index in [9.17, 15) is 0 Å². The molecule has 3 heterocycles. The molecule has 0 amide bonds. The van der Waals surface area contributed by atoms with Crippen molar-refractivity contribution in [2.24, 2.45) is 5.84 Å². The third-order valence-electron chi connectivity index (χ3n) is 3.39. The molecule has 0 radical (unpaired) electrons. The highest BCUT2D eigenvalue weighted by molar-refractivity contribution is 7.26. The van der Waals surface area contributed by atoms with Crippen molar-refractivity contribution in [2.45, 2.75) is 6.92 Å². The zero-order valence-electron chi connectivity index (χ0n) is 11.2. The van der Waals surface area contributed by atoms with E-state index < -0.39 is 0 Å². The summed E-state index contributed by atoms with van der Waals surface area (Å²) in [6, 6.07) is 10.0. The minimum absolute atomic E-state index is 0.639. The number of anilines is 1. The number of nitrogens with two attached hydrogens (primary N) is 1. The lowest BCUT2D eigenvalue weighted by atomic mass is 10.3. The van der Waals surface area contributed by atoms with Crippen LogP contribution in [0.3, 0.4) is 0 Å². The molecule has 0 unspecified atom stereocenters. The van der Waals surface area contributed by atoms with Gasteiger partial charge in [0.1, 0.15) is 11.2 Å². The monoisotopic (exact) mass is 296 g/mol. The van der Waals surface area contributed by atoms with Gasteiger partial charge in [0.15, 0.2) is 5.82 Å². The first-order valence-corrected chi connectivity index (χ1v) is 7.26. The second-order valence-corrected chi connectivity index (χ2v) is 5.66. The van der Waals surface area contributed by atoms with E-state index >= 15 is 0 Å². The lowest BCUT2D eigenvalue weighted by molar-refractivity contribution is 0.894. The Morgan fingerprint density at radius 3 is 2.76 bits per heavy atom. The van der Waals surface area contributed by atoms with Crippen LogP contribution < -0.4 is 11.3 Å². The molecule has 104 valence electrons. The molecule has 1 aromatic carbocycles. The summed E-state index contributed by atoms with van der Waals surface area (Å²) >= 11 is 1.59. The zero-order valence-corrected chi connectivity index (χ0v) is 12.1. The zero-order chi connectivity index (χ0) is 14.4. The van der Waals surface area contributed by atoms with Gasteiger partial charge in [-0.2, -0.15) is 5.10 Å². The number of nitrogens with zero attached hydrogens (tertiary/aromatic N) is 4. The van der Waals surface area contributed by atoms with Gasteiger partial charge in [0.2, 0.25) is 0 Å². The van der Waals surface area contributed by atoms with E-state index in [0.29, 0.717) is 5.82 Å². The number of nitrogens with one attached hydrogen (secondary N) is 1. The van der Waals surface area contributed by atoms with Crippen LogP contribution in [-0.4, -0.2) is 19.7 Å². The summed E-state index contributed by atoms with van der Waals surface area (Å²) in [5.74, 6) is 6.18. The van der Waals surface area contributed by atoms with E-state index in [-0.39, 0.29) is 0 Å². The van der Waals surface area contributed by atoms with Gasteiger partial charge in [-0.3, -0.25) is 0 Å². The van der Waals surface area contributed by atoms with Crippen molar-refractivity contribution in [1.29, 1.82) is 0 Å². The summed E-state index contributed by atoms with van der Waals surface area (Å²) in [5, 5.41) is 5.69. The lowest BCUT2D eigenvalue weighted by Gasteiger charge is -2.01.